The number of likely N-dealkylation sites (tertiary alicyclic amines) is 1. The summed E-state index contributed by atoms with van der Waals surface area (Å²) in [6.07, 6.45) is 7.03. The lowest BCUT2D eigenvalue weighted by atomic mass is 9.73. The lowest BCUT2D eigenvalue weighted by Crippen LogP contribution is -2.52. The summed E-state index contributed by atoms with van der Waals surface area (Å²) in [7, 11) is 0. The predicted octanol–water partition coefficient (Wildman–Crippen LogP) is 3.07. The van der Waals surface area contributed by atoms with Crippen LogP contribution in [-0.2, 0) is 16.0 Å². The second-order valence-corrected chi connectivity index (χ2v) is 8.05. The molecular weight excluding hydrogens is 352 g/mol. The molecule has 3 heterocycles. The van der Waals surface area contributed by atoms with Crippen LogP contribution < -0.4 is 0 Å². The first kappa shape index (κ1) is 19.1. The quantitative estimate of drug-likeness (QED) is 0.885. The fourth-order valence-corrected chi connectivity index (χ4v) is 4.50. The highest BCUT2D eigenvalue weighted by atomic mass is 16.5. The summed E-state index contributed by atoms with van der Waals surface area (Å²) < 4.78 is 5.59. The zero-order valence-corrected chi connectivity index (χ0v) is 16.2. The number of nitrogens with zero attached hydrogens (tertiary/aromatic N) is 2. The van der Waals surface area contributed by atoms with Crippen molar-refractivity contribution >= 4 is 5.91 Å². The van der Waals surface area contributed by atoms with Crippen molar-refractivity contribution in [2.45, 2.75) is 38.2 Å². The Bertz CT molecular complexity index is 803. The average Bonchev–Trinajstić information content (AvgIpc) is 2.75. The first-order chi connectivity index (χ1) is 13.7. The molecule has 4 rings (SSSR count). The predicted molar refractivity (Wildman–Crippen MR) is 108 cm³/mol. The third-order valence-corrected chi connectivity index (χ3v) is 6.07. The van der Waals surface area contributed by atoms with Crippen LogP contribution >= 0.6 is 0 Å². The van der Waals surface area contributed by atoms with E-state index in [-0.39, 0.29) is 5.91 Å². The average molecular weight is 380 g/mol. The van der Waals surface area contributed by atoms with E-state index in [2.05, 4.69) is 29.2 Å². The van der Waals surface area contributed by atoms with Gasteiger partial charge in [0, 0.05) is 38.7 Å². The van der Waals surface area contributed by atoms with E-state index in [0.717, 1.165) is 43.4 Å². The monoisotopic (exact) mass is 380 g/mol. The molecule has 0 spiro atoms. The second-order valence-electron chi connectivity index (χ2n) is 8.05. The van der Waals surface area contributed by atoms with Gasteiger partial charge in [-0.3, -0.25) is 9.78 Å². The summed E-state index contributed by atoms with van der Waals surface area (Å²) in [6, 6.07) is 12.5. The molecule has 1 aromatic carbocycles. The number of aliphatic hydroxyl groups excluding tert-OH is 1. The molecule has 2 aromatic rings. The molecule has 0 aliphatic carbocycles. The van der Waals surface area contributed by atoms with Crippen LogP contribution in [0, 0.1) is 5.41 Å². The Morgan fingerprint density at radius 3 is 2.71 bits per heavy atom. The Labute approximate surface area is 166 Å². The number of rotatable bonds is 4. The van der Waals surface area contributed by atoms with Gasteiger partial charge in [-0.1, -0.05) is 24.3 Å². The minimum Gasteiger partial charge on any atom is -0.391 e. The third kappa shape index (κ3) is 4.10. The summed E-state index contributed by atoms with van der Waals surface area (Å²) in [5, 5.41) is 10.0. The van der Waals surface area contributed by atoms with Crippen LogP contribution in [0.25, 0.3) is 11.1 Å². The number of carbonyl (C=O) groups is 1. The fourth-order valence-electron chi connectivity index (χ4n) is 4.50. The van der Waals surface area contributed by atoms with E-state index in [1.165, 1.54) is 5.56 Å². The lowest BCUT2D eigenvalue weighted by molar-refractivity contribution is -0.151. The van der Waals surface area contributed by atoms with Crippen LogP contribution in [0.15, 0.2) is 48.8 Å². The van der Waals surface area contributed by atoms with E-state index in [0.29, 0.717) is 26.2 Å². The molecule has 2 fully saturated rings. The number of pyridine rings is 1. The molecule has 5 heteroatoms. The van der Waals surface area contributed by atoms with Crippen LogP contribution in [0.1, 0.15) is 31.2 Å². The van der Waals surface area contributed by atoms with E-state index >= 15 is 0 Å². The van der Waals surface area contributed by atoms with Gasteiger partial charge < -0.3 is 14.7 Å². The molecule has 2 aliphatic heterocycles. The Morgan fingerprint density at radius 1 is 1.18 bits per heavy atom. The maximum Gasteiger partial charge on any atom is 0.229 e. The maximum atomic E-state index is 13.5. The molecule has 0 radical (unpaired) electrons. The first-order valence-electron chi connectivity index (χ1n) is 10.2. The Balaban J connectivity index is 1.59. The molecule has 1 unspecified atom stereocenters. The summed E-state index contributed by atoms with van der Waals surface area (Å²) in [4.78, 5) is 19.5. The smallest absolute Gasteiger partial charge is 0.229 e. The van der Waals surface area contributed by atoms with Crippen LogP contribution in [0.2, 0.25) is 0 Å². The van der Waals surface area contributed by atoms with E-state index in [1.807, 2.05) is 17.0 Å². The van der Waals surface area contributed by atoms with Crippen molar-refractivity contribution in [3.63, 3.8) is 0 Å². The normalized spacial score (nSPS) is 22.0. The van der Waals surface area contributed by atoms with Crippen molar-refractivity contribution in [3.05, 3.63) is 54.4 Å². The minimum absolute atomic E-state index is 0.184. The Morgan fingerprint density at radius 2 is 1.96 bits per heavy atom. The molecule has 2 aliphatic rings. The minimum atomic E-state index is -0.438. The van der Waals surface area contributed by atoms with Crippen LogP contribution in [0.4, 0.5) is 0 Å². The number of carbonyl (C=O) groups excluding carboxylic acids is 1. The highest BCUT2D eigenvalue weighted by molar-refractivity contribution is 5.83. The van der Waals surface area contributed by atoms with Gasteiger partial charge in [0.15, 0.2) is 0 Å². The van der Waals surface area contributed by atoms with E-state index in [9.17, 15) is 9.90 Å². The van der Waals surface area contributed by atoms with Crippen LogP contribution in [-0.4, -0.2) is 53.3 Å². The Kier molecular flexibility index (Phi) is 5.74. The van der Waals surface area contributed by atoms with E-state index in [1.54, 1.807) is 12.4 Å². The second kappa shape index (κ2) is 8.41. The number of β-amino-alcohol motifs (C(OH)–C–C–N with tert-alkyl or cyclic N) is 1. The summed E-state index contributed by atoms with van der Waals surface area (Å²) in [5.41, 5.74) is 3.00. The van der Waals surface area contributed by atoms with E-state index < -0.39 is 11.5 Å². The number of hydrogen-bond donors (Lipinski definition) is 1. The maximum absolute atomic E-state index is 13.5. The number of aromatic nitrogens is 1. The molecule has 0 saturated carbocycles. The fraction of sp³-hybridized carbons (Fsp3) is 0.478. The molecule has 148 valence electrons. The standard InChI is InChI=1S/C23H28N2O3/c26-21-5-2-12-25(17-21)22(27)23(8-13-28-14-9-23)16-18-3-1-4-20(15-18)19-6-10-24-11-7-19/h1,3-4,6-7,10-11,15,21,26H,2,5,8-9,12-14,16-17H2. The number of amides is 1. The zero-order chi connectivity index (χ0) is 19.4. The number of benzene rings is 1. The number of aliphatic hydroxyl groups is 1. The highest BCUT2D eigenvalue weighted by Gasteiger charge is 2.43. The van der Waals surface area contributed by atoms with E-state index in [4.69, 9.17) is 4.74 Å². The summed E-state index contributed by atoms with van der Waals surface area (Å²) in [5.74, 6) is 0.184. The first-order valence-corrected chi connectivity index (χ1v) is 10.2. The molecule has 28 heavy (non-hydrogen) atoms. The largest absolute Gasteiger partial charge is 0.391 e. The van der Waals surface area contributed by atoms with Gasteiger partial charge in [-0.15, -0.1) is 0 Å². The van der Waals surface area contributed by atoms with Gasteiger partial charge in [0.2, 0.25) is 5.91 Å². The van der Waals surface area contributed by atoms with Gasteiger partial charge in [0.05, 0.1) is 11.5 Å². The van der Waals surface area contributed by atoms with Gasteiger partial charge in [0.1, 0.15) is 0 Å². The van der Waals surface area contributed by atoms with Crippen molar-refractivity contribution < 1.29 is 14.6 Å². The molecule has 1 aromatic heterocycles. The van der Waals surface area contributed by atoms with Crippen molar-refractivity contribution in [2.24, 2.45) is 5.41 Å². The topological polar surface area (TPSA) is 62.7 Å². The van der Waals surface area contributed by atoms with Crippen molar-refractivity contribution in [1.29, 1.82) is 0 Å². The molecule has 2 saturated heterocycles. The SMILES string of the molecule is O=C(N1CCCC(O)C1)C1(Cc2cccc(-c3ccncc3)c2)CCOCC1. The van der Waals surface area contributed by atoms with Crippen molar-refractivity contribution in [3.8, 4) is 11.1 Å². The molecule has 1 N–H and O–H groups in total. The van der Waals surface area contributed by atoms with Gasteiger partial charge in [-0.05, 0) is 60.9 Å². The molecule has 5 nitrogen and oxygen atoms in total. The lowest BCUT2D eigenvalue weighted by Gasteiger charge is -2.42. The van der Waals surface area contributed by atoms with Crippen LogP contribution in [0.3, 0.4) is 0 Å². The number of ether oxygens (including phenoxy) is 1. The molecule has 1 atom stereocenters. The number of piperidine rings is 1. The van der Waals surface area contributed by atoms with Crippen molar-refractivity contribution in [1.82, 2.24) is 9.88 Å². The van der Waals surface area contributed by atoms with Gasteiger partial charge in [0.25, 0.3) is 0 Å². The van der Waals surface area contributed by atoms with Gasteiger partial charge >= 0.3 is 0 Å². The van der Waals surface area contributed by atoms with Gasteiger partial charge in [-0.25, -0.2) is 0 Å². The van der Waals surface area contributed by atoms with Gasteiger partial charge in [-0.2, -0.15) is 0 Å². The summed E-state index contributed by atoms with van der Waals surface area (Å²) in [6.45, 7) is 2.44. The number of hydrogen-bond acceptors (Lipinski definition) is 4. The molecular formula is C23H28N2O3. The molecule has 1 amide bonds. The third-order valence-electron chi connectivity index (χ3n) is 6.07. The van der Waals surface area contributed by atoms with Crippen molar-refractivity contribution in [2.75, 3.05) is 26.3 Å². The highest BCUT2D eigenvalue weighted by Crippen LogP contribution is 2.38. The zero-order valence-electron chi connectivity index (χ0n) is 16.2. The Hall–Kier alpha value is -2.24. The van der Waals surface area contributed by atoms with Crippen LogP contribution in [0.5, 0.6) is 0 Å². The molecule has 0 bridgehead atoms. The summed E-state index contributed by atoms with van der Waals surface area (Å²) >= 11 is 0.